The maximum Gasteiger partial charge on any atom is 0.245 e. The Balaban J connectivity index is 1.84. The first kappa shape index (κ1) is 14.8. The maximum absolute atomic E-state index is 6.05. The van der Waals surface area contributed by atoms with Crippen LogP contribution in [0.15, 0.2) is 22.7 Å². The van der Waals surface area contributed by atoms with E-state index >= 15 is 0 Å². The lowest BCUT2D eigenvalue weighted by Crippen LogP contribution is -2.38. The molecular weight excluding hydrogens is 354 g/mol. The van der Waals surface area contributed by atoms with Crippen molar-refractivity contribution < 1.29 is 0 Å². The Kier molecular flexibility index (Phi) is 4.47. The van der Waals surface area contributed by atoms with Crippen LogP contribution in [0.5, 0.6) is 0 Å². The van der Waals surface area contributed by atoms with Gasteiger partial charge in [-0.25, -0.2) is 0 Å². The first-order chi connectivity index (χ1) is 10.2. The molecule has 7 heteroatoms. The molecule has 1 atom stereocenters. The van der Waals surface area contributed by atoms with Gasteiger partial charge in [0, 0.05) is 28.1 Å². The highest BCUT2D eigenvalue weighted by Gasteiger charge is 2.22. The molecule has 3 N–H and O–H groups in total. The Bertz CT molecular complexity index is 630. The fourth-order valence-electron chi connectivity index (χ4n) is 2.63. The molecule has 0 saturated carbocycles. The number of anilines is 1. The van der Waals surface area contributed by atoms with E-state index in [1.165, 1.54) is 6.42 Å². The predicted molar refractivity (Wildman–Crippen MR) is 88.5 cm³/mol. The smallest absolute Gasteiger partial charge is 0.245 e. The van der Waals surface area contributed by atoms with Gasteiger partial charge < -0.3 is 10.6 Å². The van der Waals surface area contributed by atoms with E-state index in [1.54, 1.807) is 0 Å². The summed E-state index contributed by atoms with van der Waals surface area (Å²) in [6, 6.07) is 5.61. The number of H-pyrrole nitrogens is 1. The summed E-state index contributed by atoms with van der Waals surface area (Å²) in [5, 5.41) is 8.01. The van der Waals surface area contributed by atoms with Crippen LogP contribution < -0.4 is 10.6 Å². The van der Waals surface area contributed by atoms with Crippen LogP contribution in [0.25, 0.3) is 11.4 Å². The molecular formula is C14H17BrClN5. The summed E-state index contributed by atoms with van der Waals surface area (Å²) in [6.45, 7) is 2.61. The molecule has 0 spiro atoms. The second-order valence-electron chi connectivity index (χ2n) is 5.30. The van der Waals surface area contributed by atoms with Gasteiger partial charge in [-0.15, -0.1) is 5.10 Å². The monoisotopic (exact) mass is 369 g/mol. The topological polar surface area (TPSA) is 70.8 Å². The van der Waals surface area contributed by atoms with E-state index in [0.29, 0.717) is 23.3 Å². The summed E-state index contributed by atoms with van der Waals surface area (Å²) in [4.78, 5) is 6.80. The Morgan fingerprint density at radius 3 is 3.14 bits per heavy atom. The molecule has 0 radical (unpaired) electrons. The van der Waals surface area contributed by atoms with Gasteiger partial charge in [-0.3, -0.25) is 5.10 Å². The number of nitrogens with two attached hydrogens (primary N) is 1. The van der Waals surface area contributed by atoms with Crippen LogP contribution in [0.2, 0.25) is 5.02 Å². The molecule has 1 aromatic heterocycles. The van der Waals surface area contributed by atoms with Crippen molar-refractivity contribution in [3.05, 3.63) is 27.7 Å². The van der Waals surface area contributed by atoms with Crippen molar-refractivity contribution in [3.8, 4) is 11.4 Å². The van der Waals surface area contributed by atoms with Crippen molar-refractivity contribution in [1.29, 1.82) is 0 Å². The fourth-order valence-corrected chi connectivity index (χ4v) is 3.24. The number of aromatic amines is 1. The third-order valence-corrected chi connectivity index (χ3v) is 4.72. The van der Waals surface area contributed by atoms with Crippen LogP contribution in [-0.4, -0.2) is 34.8 Å². The van der Waals surface area contributed by atoms with Gasteiger partial charge in [-0.05, 0) is 43.5 Å². The normalized spacial score (nSPS) is 19.0. The average Bonchev–Trinajstić information content (AvgIpc) is 2.99. The zero-order chi connectivity index (χ0) is 14.8. The molecule has 2 aromatic rings. The molecule has 3 rings (SSSR count). The fraction of sp³-hybridized carbons (Fsp3) is 0.429. The van der Waals surface area contributed by atoms with Crippen molar-refractivity contribution in [1.82, 2.24) is 15.2 Å². The van der Waals surface area contributed by atoms with Crippen LogP contribution in [0.3, 0.4) is 0 Å². The molecule has 21 heavy (non-hydrogen) atoms. The molecule has 1 aromatic carbocycles. The summed E-state index contributed by atoms with van der Waals surface area (Å²) in [5.74, 6) is 1.97. The SMILES string of the molecule is NCC1CCCN(c2n[nH]c(-c3cc(Cl)ccc3Br)n2)C1. The lowest BCUT2D eigenvalue weighted by molar-refractivity contribution is 0.420. The molecule has 0 amide bonds. The quantitative estimate of drug-likeness (QED) is 0.871. The highest BCUT2D eigenvalue weighted by molar-refractivity contribution is 9.10. The number of piperidine rings is 1. The van der Waals surface area contributed by atoms with Gasteiger partial charge in [0.05, 0.1) is 0 Å². The van der Waals surface area contributed by atoms with Crippen molar-refractivity contribution in [2.45, 2.75) is 12.8 Å². The minimum Gasteiger partial charge on any atom is -0.339 e. The predicted octanol–water partition coefficient (Wildman–Crippen LogP) is 3.06. The van der Waals surface area contributed by atoms with Crippen molar-refractivity contribution in [3.63, 3.8) is 0 Å². The first-order valence-electron chi connectivity index (χ1n) is 7.00. The summed E-state index contributed by atoms with van der Waals surface area (Å²) in [7, 11) is 0. The molecule has 1 fully saturated rings. The van der Waals surface area contributed by atoms with Gasteiger partial charge in [-0.1, -0.05) is 27.5 Å². The molecule has 1 aliphatic heterocycles. The van der Waals surface area contributed by atoms with Gasteiger partial charge in [0.15, 0.2) is 5.82 Å². The van der Waals surface area contributed by atoms with E-state index in [0.717, 1.165) is 35.5 Å². The number of benzene rings is 1. The largest absolute Gasteiger partial charge is 0.339 e. The average molecular weight is 371 g/mol. The Morgan fingerprint density at radius 2 is 2.33 bits per heavy atom. The molecule has 2 heterocycles. The van der Waals surface area contributed by atoms with Crippen LogP contribution >= 0.6 is 27.5 Å². The van der Waals surface area contributed by atoms with Crippen LogP contribution in [-0.2, 0) is 0 Å². The zero-order valence-corrected chi connectivity index (χ0v) is 13.9. The Morgan fingerprint density at radius 1 is 1.48 bits per heavy atom. The van der Waals surface area contributed by atoms with Crippen molar-refractivity contribution in [2.24, 2.45) is 11.7 Å². The number of hydrogen-bond acceptors (Lipinski definition) is 4. The number of nitrogens with zero attached hydrogens (tertiary/aromatic N) is 3. The van der Waals surface area contributed by atoms with Crippen LogP contribution in [0.1, 0.15) is 12.8 Å². The number of nitrogens with one attached hydrogen (secondary N) is 1. The van der Waals surface area contributed by atoms with E-state index in [1.807, 2.05) is 18.2 Å². The molecule has 0 aliphatic carbocycles. The van der Waals surface area contributed by atoms with E-state index in [9.17, 15) is 0 Å². The van der Waals surface area contributed by atoms with Gasteiger partial charge in [0.2, 0.25) is 5.95 Å². The number of halogens is 2. The minimum atomic E-state index is 0.526. The molecule has 1 unspecified atom stereocenters. The molecule has 112 valence electrons. The van der Waals surface area contributed by atoms with E-state index in [2.05, 4.69) is 36.0 Å². The van der Waals surface area contributed by atoms with Crippen molar-refractivity contribution in [2.75, 3.05) is 24.5 Å². The number of hydrogen-bond donors (Lipinski definition) is 2. The highest BCUT2D eigenvalue weighted by Crippen LogP contribution is 2.30. The van der Waals surface area contributed by atoms with Gasteiger partial charge in [-0.2, -0.15) is 4.98 Å². The first-order valence-corrected chi connectivity index (χ1v) is 8.17. The van der Waals surface area contributed by atoms with Gasteiger partial charge in [0.1, 0.15) is 0 Å². The highest BCUT2D eigenvalue weighted by atomic mass is 79.9. The maximum atomic E-state index is 6.05. The zero-order valence-electron chi connectivity index (χ0n) is 11.5. The second-order valence-corrected chi connectivity index (χ2v) is 6.59. The van der Waals surface area contributed by atoms with Crippen LogP contribution in [0, 0.1) is 5.92 Å². The Labute approximate surface area is 137 Å². The number of aromatic nitrogens is 3. The summed E-state index contributed by atoms with van der Waals surface area (Å²) in [6.07, 6.45) is 2.32. The van der Waals surface area contributed by atoms with Gasteiger partial charge in [0.25, 0.3) is 0 Å². The standard InChI is InChI=1S/C14H17BrClN5/c15-12-4-3-10(16)6-11(12)13-18-14(20-19-13)21-5-1-2-9(7-17)8-21/h3-4,6,9H,1-2,5,7-8,17H2,(H,18,19,20). The third kappa shape index (κ3) is 3.22. The van der Waals surface area contributed by atoms with E-state index in [4.69, 9.17) is 17.3 Å². The third-order valence-electron chi connectivity index (χ3n) is 3.79. The van der Waals surface area contributed by atoms with E-state index < -0.39 is 0 Å². The van der Waals surface area contributed by atoms with Gasteiger partial charge >= 0.3 is 0 Å². The molecule has 1 saturated heterocycles. The lowest BCUT2D eigenvalue weighted by atomic mass is 9.99. The summed E-state index contributed by atoms with van der Waals surface area (Å²) >= 11 is 9.57. The molecule has 5 nitrogen and oxygen atoms in total. The van der Waals surface area contributed by atoms with Crippen molar-refractivity contribution >= 4 is 33.5 Å². The van der Waals surface area contributed by atoms with E-state index in [-0.39, 0.29) is 0 Å². The second kappa shape index (κ2) is 6.34. The van der Waals surface area contributed by atoms with Crippen LogP contribution in [0.4, 0.5) is 5.95 Å². The lowest BCUT2D eigenvalue weighted by Gasteiger charge is -2.31. The molecule has 0 bridgehead atoms. The number of rotatable bonds is 3. The summed E-state index contributed by atoms with van der Waals surface area (Å²) in [5.41, 5.74) is 6.69. The summed E-state index contributed by atoms with van der Waals surface area (Å²) < 4.78 is 0.938. The molecule has 1 aliphatic rings. The minimum absolute atomic E-state index is 0.526. The Hall–Kier alpha value is -1.11.